The molecule has 0 spiro atoms. The molecule has 1 N–H and O–H groups in total. The highest BCUT2D eigenvalue weighted by Crippen LogP contribution is 2.33. The molecule has 40 heavy (non-hydrogen) atoms. The van der Waals surface area contributed by atoms with Crippen molar-refractivity contribution in [3.63, 3.8) is 0 Å². The van der Waals surface area contributed by atoms with Crippen LogP contribution in [-0.2, 0) is 6.42 Å². The number of rotatable bonds is 9. The van der Waals surface area contributed by atoms with E-state index in [4.69, 9.17) is 4.98 Å². The van der Waals surface area contributed by atoms with Gasteiger partial charge in [-0.3, -0.25) is 4.90 Å². The summed E-state index contributed by atoms with van der Waals surface area (Å²) in [5.74, 6) is 0.399. The minimum Gasteiger partial charge on any atom is -0.325 e. The van der Waals surface area contributed by atoms with Crippen LogP contribution in [0.4, 0.5) is 20.5 Å². The summed E-state index contributed by atoms with van der Waals surface area (Å²) in [6.07, 6.45) is 3.72. The van der Waals surface area contributed by atoms with Crippen molar-refractivity contribution in [3.8, 4) is 11.3 Å². The van der Waals surface area contributed by atoms with E-state index in [0.717, 1.165) is 56.6 Å². The van der Waals surface area contributed by atoms with Gasteiger partial charge in [-0.25, -0.2) is 28.7 Å². The molecule has 3 aromatic heterocycles. The summed E-state index contributed by atoms with van der Waals surface area (Å²) in [7, 11) is 4.17. The molecule has 0 aliphatic carbocycles. The van der Waals surface area contributed by atoms with E-state index in [1.54, 1.807) is 6.07 Å². The van der Waals surface area contributed by atoms with Crippen LogP contribution in [0, 0.1) is 18.6 Å². The smallest absolute Gasteiger partial charge is 0.229 e. The van der Waals surface area contributed by atoms with Gasteiger partial charge in [0.2, 0.25) is 5.95 Å². The van der Waals surface area contributed by atoms with Crippen LogP contribution < -0.4 is 5.32 Å². The number of pyridine rings is 1. The number of aromatic nitrogens is 5. The van der Waals surface area contributed by atoms with Crippen molar-refractivity contribution in [1.29, 1.82) is 0 Å². The summed E-state index contributed by atoms with van der Waals surface area (Å²) in [6, 6.07) is 7.51. The van der Waals surface area contributed by atoms with Crippen molar-refractivity contribution in [2.45, 2.75) is 59.0 Å². The van der Waals surface area contributed by atoms with E-state index in [-0.39, 0.29) is 29.2 Å². The highest BCUT2D eigenvalue weighted by Gasteiger charge is 2.25. The maximum absolute atomic E-state index is 15.2. The van der Waals surface area contributed by atoms with Gasteiger partial charge in [-0.1, -0.05) is 19.9 Å². The third-order valence-electron chi connectivity index (χ3n) is 7.97. The van der Waals surface area contributed by atoms with Gasteiger partial charge in [0.1, 0.15) is 22.9 Å². The van der Waals surface area contributed by atoms with E-state index >= 15 is 8.78 Å². The lowest BCUT2D eigenvalue weighted by Crippen LogP contribution is -2.38. The van der Waals surface area contributed by atoms with Gasteiger partial charge in [0.05, 0.1) is 11.7 Å². The average Bonchev–Trinajstić information content (AvgIpc) is 3.26. The van der Waals surface area contributed by atoms with Gasteiger partial charge in [0.25, 0.3) is 0 Å². The van der Waals surface area contributed by atoms with Gasteiger partial charge in [0, 0.05) is 49.4 Å². The minimum absolute atomic E-state index is 0.0244. The van der Waals surface area contributed by atoms with Crippen molar-refractivity contribution in [1.82, 2.24) is 34.3 Å². The molecule has 0 bridgehead atoms. The molecule has 0 radical (unpaired) electrons. The second kappa shape index (κ2) is 11.5. The lowest BCUT2D eigenvalue weighted by molar-refractivity contribution is 0.178. The Kier molecular flexibility index (Phi) is 8.09. The van der Waals surface area contributed by atoms with E-state index in [1.165, 1.54) is 11.6 Å². The number of nitrogens with zero attached hydrogens (tertiary/aromatic N) is 7. The quantitative estimate of drug-likeness (QED) is 0.273. The number of benzene rings is 1. The third kappa shape index (κ3) is 5.42. The largest absolute Gasteiger partial charge is 0.325 e. The molecule has 4 aromatic rings. The Morgan fingerprint density at radius 3 is 2.58 bits per heavy atom. The van der Waals surface area contributed by atoms with Crippen molar-refractivity contribution in [2.24, 2.45) is 0 Å². The summed E-state index contributed by atoms with van der Waals surface area (Å²) < 4.78 is 32.3. The summed E-state index contributed by atoms with van der Waals surface area (Å²) in [5, 5.41) is 3.13. The Bertz CT molecular complexity index is 1510. The number of fused-ring (bicyclic) bond motifs is 2. The Labute approximate surface area is 234 Å². The summed E-state index contributed by atoms with van der Waals surface area (Å²) in [6.45, 7) is 11.2. The normalized spacial score (nSPS) is 15.8. The first-order chi connectivity index (χ1) is 19.2. The van der Waals surface area contributed by atoms with Crippen molar-refractivity contribution in [2.75, 3.05) is 39.0 Å². The predicted octanol–water partition coefficient (Wildman–Crippen LogP) is 6.06. The van der Waals surface area contributed by atoms with Crippen LogP contribution >= 0.6 is 0 Å². The molecule has 1 aliphatic rings. The van der Waals surface area contributed by atoms with E-state index < -0.39 is 11.6 Å². The molecule has 1 atom stereocenters. The van der Waals surface area contributed by atoms with Crippen molar-refractivity contribution < 1.29 is 8.78 Å². The molecular formula is C30H38F2N8. The highest BCUT2D eigenvalue weighted by atomic mass is 19.1. The van der Waals surface area contributed by atoms with Gasteiger partial charge in [-0.2, -0.15) is 0 Å². The van der Waals surface area contributed by atoms with E-state index in [9.17, 15) is 0 Å². The molecule has 8 nitrogen and oxygen atoms in total. The fourth-order valence-electron chi connectivity index (χ4n) is 5.70. The van der Waals surface area contributed by atoms with Crippen LogP contribution in [0.3, 0.4) is 0 Å². The molecule has 0 fully saturated rings. The lowest BCUT2D eigenvalue weighted by Gasteiger charge is -2.35. The average molecular weight is 549 g/mol. The SMILES string of the molecule is CCC(CC)n1c(C)nc2c(F)cc(-c3nc(Nc4ccc5c(n4)CCN(CCN(C)C)[C@@H]5C)ncc3F)cc21. The monoisotopic (exact) mass is 548 g/mol. The predicted molar refractivity (Wildman–Crippen MR) is 155 cm³/mol. The van der Waals surface area contributed by atoms with Gasteiger partial charge in [0.15, 0.2) is 11.6 Å². The topological polar surface area (TPSA) is 75.0 Å². The zero-order chi connectivity index (χ0) is 28.6. The first-order valence-corrected chi connectivity index (χ1v) is 14.1. The maximum atomic E-state index is 15.2. The molecule has 0 unspecified atom stereocenters. The minimum atomic E-state index is -0.625. The van der Waals surface area contributed by atoms with Crippen LogP contribution in [-0.4, -0.2) is 68.0 Å². The number of aryl methyl sites for hydroxylation is 1. The van der Waals surface area contributed by atoms with E-state index in [2.05, 4.69) is 71.0 Å². The fourth-order valence-corrected chi connectivity index (χ4v) is 5.70. The zero-order valence-electron chi connectivity index (χ0n) is 24.2. The third-order valence-corrected chi connectivity index (χ3v) is 7.97. The second-order valence-electron chi connectivity index (χ2n) is 10.8. The molecule has 5 rings (SSSR count). The van der Waals surface area contributed by atoms with Crippen molar-refractivity contribution in [3.05, 3.63) is 59.2 Å². The van der Waals surface area contributed by atoms with E-state index in [0.29, 0.717) is 16.9 Å². The molecule has 1 aliphatic heterocycles. The van der Waals surface area contributed by atoms with Gasteiger partial charge in [-0.05, 0) is 64.5 Å². The van der Waals surface area contributed by atoms with Gasteiger partial charge >= 0.3 is 0 Å². The molecule has 212 valence electrons. The van der Waals surface area contributed by atoms with E-state index in [1.807, 2.05) is 17.6 Å². The highest BCUT2D eigenvalue weighted by molar-refractivity contribution is 5.83. The number of nitrogens with one attached hydrogen (secondary N) is 1. The Balaban J connectivity index is 1.43. The number of likely N-dealkylation sites (N-methyl/N-ethyl adjacent to an activating group) is 1. The number of halogens is 2. The number of anilines is 2. The Morgan fingerprint density at radius 2 is 1.85 bits per heavy atom. The van der Waals surface area contributed by atoms with Gasteiger partial charge in [-0.15, -0.1) is 0 Å². The molecule has 0 saturated carbocycles. The summed E-state index contributed by atoms with van der Waals surface area (Å²) in [4.78, 5) is 22.5. The Morgan fingerprint density at radius 1 is 1.07 bits per heavy atom. The lowest BCUT2D eigenvalue weighted by atomic mass is 9.98. The first kappa shape index (κ1) is 28.0. The molecule has 0 saturated heterocycles. The molecule has 10 heteroatoms. The fraction of sp³-hybridized carbons (Fsp3) is 0.467. The second-order valence-corrected chi connectivity index (χ2v) is 10.8. The zero-order valence-corrected chi connectivity index (χ0v) is 24.2. The molecular weight excluding hydrogens is 510 g/mol. The van der Waals surface area contributed by atoms with Crippen LogP contribution in [0.2, 0.25) is 0 Å². The van der Waals surface area contributed by atoms with Crippen LogP contribution in [0.1, 0.15) is 62.8 Å². The first-order valence-electron chi connectivity index (χ1n) is 14.1. The maximum Gasteiger partial charge on any atom is 0.229 e. The van der Waals surface area contributed by atoms with Crippen LogP contribution in [0.25, 0.3) is 22.3 Å². The molecule has 4 heterocycles. The van der Waals surface area contributed by atoms with Crippen molar-refractivity contribution >= 4 is 22.8 Å². The number of hydrogen-bond donors (Lipinski definition) is 1. The van der Waals surface area contributed by atoms with Gasteiger partial charge < -0.3 is 14.8 Å². The summed E-state index contributed by atoms with van der Waals surface area (Å²) >= 11 is 0. The molecule has 0 amide bonds. The number of imidazole rings is 1. The Hall–Kier alpha value is -3.50. The standard InChI is InChI=1S/C30H38F2N8/c1-7-21(8-2)40-19(4)34-29-23(31)15-20(16-26(29)40)28-24(32)17-33-30(37-28)36-27-10-9-22-18(3)39(14-13-38(5)6)12-11-25(22)35-27/h9-10,15-18,21H,7-8,11-14H2,1-6H3,(H,33,35,36,37)/t18-/m1/s1. The molecule has 1 aromatic carbocycles. The van der Waals surface area contributed by atoms with Crippen LogP contribution in [0.5, 0.6) is 0 Å². The summed E-state index contributed by atoms with van der Waals surface area (Å²) in [5.41, 5.74) is 3.54. The number of hydrogen-bond acceptors (Lipinski definition) is 7. The van der Waals surface area contributed by atoms with Crippen LogP contribution in [0.15, 0.2) is 30.5 Å².